The maximum absolute atomic E-state index is 11.5. The van der Waals surface area contributed by atoms with Gasteiger partial charge in [-0.2, -0.15) is 0 Å². The number of thioether (sulfide) groups is 1. The predicted octanol–water partition coefficient (Wildman–Crippen LogP) is 1.95. The van der Waals surface area contributed by atoms with Gasteiger partial charge in [0.15, 0.2) is 5.16 Å². The van der Waals surface area contributed by atoms with Crippen molar-refractivity contribution in [1.82, 2.24) is 9.97 Å². The van der Waals surface area contributed by atoms with Gasteiger partial charge in [-0.15, -0.1) is 0 Å². The fourth-order valence-electron chi connectivity index (χ4n) is 1.49. The largest absolute Gasteiger partial charge is 0.465 e. The van der Waals surface area contributed by atoms with Crippen LogP contribution in [0.5, 0.6) is 0 Å². The van der Waals surface area contributed by atoms with Crippen LogP contribution in [0.3, 0.4) is 0 Å². The molecule has 0 radical (unpaired) electrons. The minimum atomic E-state index is -0.870. The number of ether oxygens (including phenoxy) is 1. The average Bonchev–Trinajstić information content (AvgIpc) is 2.82. The molecule has 0 saturated carbocycles. The van der Waals surface area contributed by atoms with E-state index in [4.69, 9.17) is 10.5 Å². The van der Waals surface area contributed by atoms with E-state index in [0.717, 1.165) is 23.8 Å². The normalized spacial score (nSPS) is 14.2. The average molecular weight is 271 g/mol. The third-order valence-corrected chi connectivity index (χ3v) is 3.53. The number of nitrogens with one attached hydrogen (secondary N) is 1. The Bertz CT molecular complexity index is 352. The Hall–Kier alpha value is -1.01. The molecule has 1 rings (SSSR count). The molecule has 0 saturated heterocycles. The summed E-state index contributed by atoms with van der Waals surface area (Å²) in [6.07, 6.45) is 6.09. The molecule has 0 amide bonds. The standard InChI is InChI=1S/C12H21N3O2S/c1-3-17-10(16)12(2,13)6-4-5-9-18-11-14-7-8-15-11/h7-8H,3-6,9,13H2,1-2H3,(H,14,15). The van der Waals surface area contributed by atoms with Crippen LogP contribution in [-0.2, 0) is 9.53 Å². The van der Waals surface area contributed by atoms with Crippen LogP contribution in [0.4, 0.5) is 0 Å². The molecule has 102 valence electrons. The van der Waals surface area contributed by atoms with Gasteiger partial charge in [-0.25, -0.2) is 4.98 Å². The number of nitrogens with two attached hydrogens (primary N) is 1. The molecule has 1 atom stereocenters. The van der Waals surface area contributed by atoms with Crippen LogP contribution in [0.25, 0.3) is 0 Å². The van der Waals surface area contributed by atoms with Crippen LogP contribution in [0.2, 0.25) is 0 Å². The summed E-state index contributed by atoms with van der Waals surface area (Å²) in [4.78, 5) is 18.7. The first-order chi connectivity index (χ1) is 8.56. The molecule has 1 unspecified atom stereocenters. The van der Waals surface area contributed by atoms with E-state index in [2.05, 4.69) is 9.97 Å². The van der Waals surface area contributed by atoms with E-state index >= 15 is 0 Å². The lowest BCUT2D eigenvalue weighted by atomic mass is 9.96. The molecule has 0 bridgehead atoms. The SMILES string of the molecule is CCOC(=O)C(C)(N)CCCCSc1ncc[nH]1. The fourth-order valence-corrected chi connectivity index (χ4v) is 2.32. The van der Waals surface area contributed by atoms with Crippen molar-refractivity contribution in [2.24, 2.45) is 5.73 Å². The summed E-state index contributed by atoms with van der Waals surface area (Å²) in [5.74, 6) is 0.649. The minimum Gasteiger partial charge on any atom is -0.465 e. The van der Waals surface area contributed by atoms with Crippen LogP contribution >= 0.6 is 11.8 Å². The van der Waals surface area contributed by atoms with Crippen molar-refractivity contribution in [3.05, 3.63) is 12.4 Å². The minimum absolute atomic E-state index is 0.316. The van der Waals surface area contributed by atoms with Crippen LogP contribution in [0, 0.1) is 0 Å². The molecule has 5 nitrogen and oxygen atoms in total. The van der Waals surface area contributed by atoms with E-state index in [1.54, 1.807) is 38.0 Å². The van der Waals surface area contributed by atoms with Gasteiger partial charge >= 0.3 is 5.97 Å². The number of aromatic nitrogens is 2. The molecule has 0 aliphatic carbocycles. The van der Waals surface area contributed by atoms with Crippen molar-refractivity contribution in [1.29, 1.82) is 0 Å². The number of rotatable bonds is 8. The number of hydrogen-bond acceptors (Lipinski definition) is 5. The summed E-state index contributed by atoms with van der Waals surface area (Å²) >= 11 is 1.67. The molecule has 3 N–H and O–H groups in total. The third-order valence-electron chi connectivity index (χ3n) is 2.54. The van der Waals surface area contributed by atoms with Gasteiger partial charge in [0.1, 0.15) is 5.54 Å². The Kier molecular flexibility index (Phi) is 6.21. The van der Waals surface area contributed by atoms with E-state index in [0.29, 0.717) is 13.0 Å². The van der Waals surface area contributed by atoms with Crippen molar-refractivity contribution in [2.45, 2.75) is 43.8 Å². The molecule has 1 heterocycles. The van der Waals surface area contributed by atoms with Gasteiger partial charge in [0.05, 0.1) is 6.61 Å². The fraction of sp³-hybridized carbons (Fsp3) is 0.667. The first-order valence-electron chi connectivity index (χ1n) is 6.14. The molecule has 18 heavy (non-hydrogen) atoms. The second-order valence-corrected chi connectivity index (χ2v) is 5.42. The summed E-state index contributed by atoms with van der Waals surface area (Å²) in [6.45, 7) is 3.89. The van der Waals surface area contributed by atoms with Crippen LogP contribution in [-0.4, -0.2) is 33.8 Å². The highest BCUT2D eigenvalue weighted by molar-refractivity contribution is 7.99. The summed E-state index contributed by atoms with van der Waals surface area (Å²) < 4.78 is 4.94. The zero-order valence-electron chi connectivity index (χ0n) is 10.9. The van der Waals surface area contributed by atoms with E-state index < -0.39 is 5.54 Å². The highest BCUT2D eigenvalue weighted by Gasteiger charge is 2.28. The monoisotopic (exact) mass is 271 g/mol. The summed E-state index contributed by atoms with van der Waals surface area (Å²) in [7, 11) is 0. The van der Waals surface area contributed by atoms with Crippen LogP contribution in [0.1, 0.15) is 33.1 Å². The van der Waals surface area contributed by atoms with Gasteiger partial charge in [-0.3, -0.25) is 4.79 Å². The molecule has 0 spiro atoms. The second kappa shape index (κ2) is 7.43. The highest BCUT2D eigenvalue weighted by Crippen LogP contribution is 2.17. The molecule has 0 fully saturated rings. The topological polar surface area (TPSA) is 81.0 Å². The first-order valence-corrected chi connectivity index (χ1v) is 7.13. The van der Waals surface area contributed by atoms with E-state index in [-0.39, 0.29) is 5.97 Å². The third kappa shape index (κ3) is 5.10. The van der Waals surface area contributed by atoms with Gasteiger partial charge in [-0.05, 0) is 26.7 Å². The van der Waals surface area contributed by atoms with Gasteiger partial charge in [-0.1, -0.05) is 18.2 Å². The lowest BCUT2D eigenvalue weighted by Gasteiger charge is -2.21. The Balaban J connectivity index is 2.14. The Morgan fingerprint density at radius 1 is 1.61 bits per heavy atom. The summed E-state index contributed by atoms with van der Waals surface area (Å²) in [5.41, 5.74) is 5.05. The number of hydrogen-bond donors (Lipinski definition) is 2. The maximum Gasteiger partial charge on any atom is 0.325 e. The van der Waals surface area contributed by atoms with Gasteiger partial charge < -0.3 is 15.5 Å². The van der Waals surface area contributed by atoms with E-state index in [1.807, 2.05) is 0 Å². The van der Waals surface area contributed by atoms with Crippen molar-refractivity contribution >= 4 is 17.7 Å². The molecule has 0 aromatic carbocycles. The second-order valence-electron chi connectivity index (χ2n) is 4.34. The van der Waals surface area contributed by atoms with Crippen molar-refractivity contribution in [3.63, 3.8) is 0 Å². The summed E-state index contributed by atoms with van der Waals surface area (Å²) in [6, 6.07) is 0. The maximum atomic E-state index is 11.5. The van der Waals surface area contributed by atoms with Crippen LogP contribution < -0.4 is 5.73 Å². The number of H-pyrrole nitrogens is 1. The molecule has 0 aliphatic rings. The van der Waals surface area contributed by atoms with Gasteiger partial charge in [0, 0.05) is 18.1 Å². The first kappa shape index (κ1) is 15.0. The zero-order chi connectivity index (χ0) is 13.4. The zero-order valence-corrected chi connectivity index (χ0v) is 11.8. The van der Waals surface area contributed by atoms with E-state index in [1.165, 1.54) is 0 Å². The lowest BCUT2D eigenvalue weighted by Crippen LogP contribution is -2.46. The number of imidazole rings is 1. The molecule has 0 aliphatic heterocycles. The van der Waals surface area contributed by atoms with E-state index in [9.17, 15) is 4.79 Å². The Morgan fingerprint density at radius 3 is 3.00 bits per heavy atom. The number of carbonyl (C=O) groups is 1. The highest BCUT2D eigenvalue weighted by atomic mass is 32.2. The molecule has 1 aromatic rings. The molecular formula is C12H21N3O2S. The molecule has 6 heteroatoms. The molecule has 1 aromatic heterocycles. The van der Waals surface area contributed by atoms with Crippen molar-refractivity contribution in [2.75, 3.05) is 12.4 Å². The predicted molar refractivity (Wildman–Crippen MR) is 72.4 cm³/mol. The number of nitrogens with zero attached hydrogens (tertiary/aromatic N) is 1. The van der Waals surface area contributed by atoms with Crippen LogP contribution in [0.15, 0.2) is 17.6 Å². The lowest BCUT2D eigenvalue weighted by molar-refractivity contribution is -0.149. The molecular weight excluding hydrogens is 250 g/mol. The Labute approximate surface area is 112 Å². The number of unbranched alkanes of at least 4 members (excludes halogenated alkanes) is 1. The van der Waals surface area contributed by atoms with Gasteiger partial charge in [0.2, 0.25) is 0 Å². The smallest absolute Gasteiger partial charge is 0.325 e. The quantitative estimate of drug-likeness (QED) is 0.429. The van der Waals surface area contributed by atoms with Crippen molar-refractivity contribution < 1.29 is 9.53 Å². The number of esters is 1. The number of carbonyl (C=O) groups excluding carboxylic acids is 1. The Morgan fingerprint density at radius 2 is 2.39 bits per heavy atom. The van der Waals surface area contributed by atoms with Crippen molar-refractivity contribution in [3.8, 4) is 0 Å². The summed E-state index contributed by atoms with van der Waals surface area (Å²) in [5, 5.41) is 0.927. The number of aromatic amines is 1. The van der Waals surface area contributed by atoms with Gasteiger partial charge in [0.25, 0.3) is 0 Å².